The molecule has 0 aromatic heterocycles. The fourth-order valence-corrected chi connectivity index (χ4v) is 5.98. The topological polar surface area (TPSA) is 70.8 Å². The van der Waals surface area contributed by atoms with Gasteiger partial charge in [0.2, 0.25) is 0 Å². The molecule has 8 aromatic carbocycles. The molecule has 267 valence electrons. The standard InChI is InChI=1S/2C23H17NO.CH2Cl2.Co/c2*25-23-15-14-18-10-4-5-11-19(18)21(23)16-24-22-13-7-6-12-20(22)17-8-2-1-3-9-17;2-1-3;/h2*1-16,25H;1H2;/q;;;+2/p-2. The molecule has 0 saturated carbocycles. The van der Waals surface area contributed by atoms with E-state index in [-0.39, 0.29) is 33.6 Å². The van der Waals surface area contributed by atoms with Crippen LogP contribution < -0.4 is 10.2 Å². The molecule has 0 aliphatic carbocycles. The summed E-state index contributed by atoms with van der Waals surface area (Å²) < 4.78 is 0. The van der Waals surface area contributed by atoms with Gasteiger partial charge in [0, 0.05) is 23.6 Å². The molecular formula is C47H34Cl2CoN2O2. The molecule has 1 radical (unpaired) electrons. The van der Waals surface area contributed by atoms with E-state index < -0.39 is 0 Å². The van der Waals surface area contributed by atoms with Crippen molar-refractivity contribution in [3.63, 3.8) is 0 Å². The second-order valence-electron chi connectivity index (χ2n) is 11.8. The minimum absolute atomic E-state index is 0. The number of aliphatic imine (C=N–C) groups is 2. The summed E-state index contributed by atoms with van der Waals surface area (Å²) in [5, 5.41) is 28.8. The molecule has 8 aromatic rings. The van der Waals surface area contributed by atoms with E-state index in [0.29, 0.717) is 11.1 Å². The summed E-state index contributed by atoms with van der Waals surface area (Å²) in [7, 11) is 0. The van der Waals surface area contributed by atoms with Gasteiger partial charge in [-0.15, -0.1) is 23.2 Å². The molecule has 0 spiro atoms. The van der Waals surface area contributed by atoms with Crippen LogP contribution in [0.25, 0.3) is 43.8 Å². The van der Waals surface area contributed by atoms with Crippen molar-refractivity contribution in [3.05, 3.63) is 193 Å². The van der Waals surface area contributed by atoms with Crippen LogP contribution in [0.4, 0.5) is 11.4 Å². The third-order valence-electron chi connectivity index (χ3n) is 8.50. The van der Waals surface area contributed by atoms with Gasteiger partial charge in [0.25, 0.3) is 0 Å². The molecule has 0 heterocycles. The first kappa shape index (κ1) is 39.5. The van der Waals surface area contributed by atoms with Crippen LogP contribution >= 0.6 is 23.2 Å². The molecule has 0 saturated heterocycles. The molecule has 7 heteroatoms. The predicted molar refractivity (Wildman–Crippen MR) is 222 cm³/mol. The van der Waals surface area contributed by atoms with Crippen molar-refractivity contribution in [3.8, 4) is 33.8 Å². The summed E-state index contributed by atoms with van der Waals surface area (Å²) >= 11 is 9.53. The van der Waals surface area contributed by atoms with Gasteiger partial charge in [-0.05, 0) is 55.9 Å². The molecular weight excluding hydrogens is 754 g/mol. The molecule has 0 amide bonds. The van der Waals surface area contributed by atoms with Crippen LogP contribution in [-0.2, 0) is 16.8 Å². The van der Waals surface area contributed by atoms with Gasteiger partial charge in [0.1, 0.15) is 0 Å². The average Bonchev–Trinajstić information content (AvgIpc) is 3.21. The summed E-state index contributed by atoms with van der Waals surface area (Å²) in [4.78, 5) is 9.28. The van der Waals surface area contributed by atoms with Gasteiger partial charge in [-0.25, -0.2) is 0 Å². The minimum atomic E-state index is -0.0142. The number of benzene rings is 8. The maximum absolute atomic E-state index is 12.3. The van der Waals surface area contributed by atoms with Crippen LogP contribution in [0.3, 0.4) is 0 Å². The Labute approximate surface area is 335 Å². The van der Waals surface area contributed by atoms with Gasteiger partial charge in [-0.2, -0.15) is 0 Å². The first-order valence-electron chi connectivity index (χ1n) is 16.9. The van der Waals surface area contributed by atoms with Crippen LogP contribution in [0, 0.1) is 0 Å². The molecule has 4 nitrogen and oxygen atoms in total. The van der Waals surface area contributed by atoms with Crippen LogP contribution in [0.2, 0.25) is 0 Å². The van der Waals surface area contributed by atoms with E-state index in [9.17, 15) is 10.2 Å². The number of alkyl halides is 2. The Morgan fingerprint density at radius 2 is 0.741 bits per heavy atom. The van der Waals surface area contributed by atoms with E-state index in [2.05, 4.69) is 34.3 Å². The Morgan fingerprint density at radius 3 is 1.15 bits per heavy atom. The molecule has 0 bridgehead atoms. The van der Waals surface area contributed by atoms with Crippen molar-refractivity contribution in [2.75, 3.05) is 5.34 Å². The normalized spacial score (nSPS) is 10.7. The first-order chi connectivity index (χ1) is 26.1. The Balaban J connectivity index is 0.000000190. The summed E-state index contributed by atoms with van der Waals surface area (Å²) in [6.45, 7) is 0. The van der Waals surface area contributed by atoms with E-state index in [1.807, 2.05) is 146 Å². The van der Waals surface area contributed by atoms with E-state index in [1.165, 1.54) is 0 Å². The molecule has 0 aliphatic rings. The minimum Gasteiger partial charge on any atom is -0.872 e. The monoisotopic (exact) mass is 787 g/mol. The summed E-state index contributed by atoms with van der Waals surface area (Å²) in [5.41, 5.74) is 7.26. The molecule has 0 N–H and O–H groups in total. The van der Waals surface area contributed by atoms with Crippen molar-refractivity contribution >= 4 is 68.6 Å². The molecule has 0 fully saturated rings. The third-order valence-corrected chi connectivity index (χ3v) is 8.50. The van der Waals surface area contributed by atoms with Crippen LogP contribution in [0.5, 0.6) is 11.5 Å². The Bertz CT molecular complexity index is 2320. The molecule has 8 rings (SSSR count). The number of hydrogen-bond donors (Lipinski definition) is 0. The zero-order valence-corrected chi connectivity index (χ0v) is 31.5. The zero-order valence-electron chi connectivity index (χ0n) is 29.0. The van der Waals surface area contributed by atoms with Crippen molar-refractivity contribution < 1.29 is 27.0 Å². The fourth-order valence-electron chi connectivity index (χ4n) is 5.98. The van der Waals surface area contributed by atoms with E-state index in [1.54, 1.807) is 24.6 Å². The quantitative estimate of drug-likeness (QED) is 0.124. The van der Waals surface area contributed by atoms with Crippen molar-refractivity contribution in [2.45, 2.75) is 0 Å². The summed E-state index contributed by atoms with van der Waals surface area (Å²) in [6, 6.07) is 58.9. The Kier molecular flexibility index (Phi) is 14.6. The number of nitrogens with zero attached hydrogens (tertiary/aromatic N) is 2. The van der Waals surface area contributed by atoms with Crippen LogP contribution in [0.15, 0.2) is 192 Å². The molecule has 0 atom stereocenters. The van der Waals surface area contributed by atoms with Gasteiger partial charge < -0.3 is 10.2 Å². The second kappa shape index (κ2) is 20.0. The van der Waals surface area contributed by atoms with Gasteiger partial charge in [-0.1, -0.05) is 181 Å². The fraction of sp³-hybridized carbons (Fsp3) is 0.0213. The predicted octanol–water partition coefficient (Wildman–Crippen LogP) is 12.1. The number of fused-ring (bicyclic) bond motifs is 2. The van der Waals surface area contributed by atoms with Crippen molar-refractivity contribution in [2.24, 2.45) is 9.98 Å². The van der Waals surface area contributed by atoms with Crippen LogP contribution in [0.1, 0.15) is 11.1 Å². The zero-order chi connectivity index (χ0) is 36.8. The van der Waals surface area contributed by atoms with Gasteiger partial charge in [-0.3, -0.25) is 9.98 Å². The average molecular weight is 789 g/mol. The van der Waals surface area contributed by atoms with Gasteiger partial charge in [0.15, 0.2) is 0 Å². The smallest absolute Gasteiger partial charge is 0.872 e. The maximum atomic E-state index is 12.3. The van der Waals surface area contributed by atoms with E-state index in [0.717, 1.165) is 55.2 Å². The van der Waals surface area contributed by atoms with Crippen molar-refractivity contribution in [1.29, 1.82) is 0 Å². The largest absolute Gasteiger partial charge is 2.00 e. The van der Waals surface area contributed by atoms with E-state index in [4.69, 9.17) is 23.2 Å². The Hall–Kier alpha value is -5.69. The second-order valence-corrected chi connectivity index (χ2v) is 12.6. The number of para-hydroxylation sites is 2. The Morgan fingerprint density at radius 1 is 0.407 bits per heavy atom. The van der Waals surface area contributed by atoms with Gasteiger partial charge >= 0.3 is 16.8 Å². The van der Waals surface area contributed by atoms with Crippen LogP contribution in [-0.4, -0.2) is 17.8 Å². The number of halogens is 2. The molecule has 54 heavy (non-hydrogen) atoms. The summed E-state index contributed by atoms with van der Waals surface area (Å²) in [5.74, 6) is -0.0284. The third kappa shape index (κ3) is 9.84. The maximum Gasteiger partial charge on any atom is 2.00 e. The van der Waals surface area contributed by atoms with E-state index >= 15 is 0 Å². The molecule has 0 aliphatic heterocycles. The number of rotatable bonds is 6. The first-order valence-corrected chi connectivity index (χ1v) is 18.0. The summed E-state index contributed by atoms with van der Waals surface area (Å²) in [6.07, 6.45) is 3.37. The van der Waals surface area contributed by atoms with Gasteiger partial charge in [0.05, 0.1) is 16.7 Å². The molecule has 0 unspecified atom stereocenters. The van der Waals surface area contributed by atoms with Crippen molar-refractivity contribution in [1.82, 2.24) is 0 Å². The SMILES string of the molecule is ClCCl.[Co+2].[O-]c1ccc2ccccc2c1C=Nc1ccccc1-c1ccccc1.[O-]c1ccc2ccccc2c1C=Nc1ccccc1-c1ccccc1. The number of hydrogen-bond acceptors (Lipinski definition) is 4.